The SMILES string of the molecule is [O-]c1ccc(NN=C2C=CC=C2)cc1. The summed E-state index contributed by atoms with van der Waals surface area (Å²) < 4.78 is 0. The van der Waals surface area contributed by atoms with E-state index >= 15 is 0 Å². The molecule has 1 aliphatic carbocycles. The van der Waals surface area contributed by atoms with E-state index in [-0.39, 0.29) is 5.75 Å². The van der Waals surface area contributed by atoms with Crippen LogP contribution in [0.3, 0.4) is 0 Å². The minimum atomic E-state index is 0.00358. The second-order valence-corrected chi connectivity index (χ2v) is 2.89. The van der Waals surface area contributed by atoms with Crippen LogP contribution >= 0.6 is 0 Å². The van der Waals surface area contributed by atoms with Crippen molar-refractivity contribution >= 4 is 11.4 Å². The number of nitrogens with zero attached hydrogens (tertiary/aromatic N) is 1. The molecule has 2 rings (SSSR count). The van der Waals surface area contributed by atoms with Gasteiger partial charge in [-0.25, -0.2) is 0 Å². The zero-order chi connectivity index (χ0) is 9.80. The summed E-state index contributed by atoms with van der Waals surface area (Å²) >= 11 is 0. The van der Waals surface area contributed by atoms with Crippen molar-refractivity contribution in [1.82, 2.24) is 0 Å². The van der Waals surface area contributed by atoms with Gasteiger partial charge in [0.05, 0.1) is 11.4 Å². The van der Waals surface area contributed by atoms with Crippen molar-refractivity contribution in [3.63, 3.8) is 0 Å². The quantitative estimate of drug-likeness (QED) is 0.712. The lowest BCUT2D eigenvalue weighted by atomic mass is 10.3. The van der Waals surface area contributed by atoms with Gasteiger partial charge < -0.3 is 5.11 Å². The highest BCUT2D eigenvalue weighted by molar-refractivity contribution is 6.06. The molecule has 0 unspecified atom stereocenters. The van der Waals surface area contributed by atoms with Gasteiger partial charge in [0.2, 0.25) is 0 Å². The van der Waals surface area contributed by atoms with Crippen LogP contribution in [-0.4, -0.2) is 5.71 Å². The molecule has 3 heteroatoms. The van der Waals surface area contributed by atoms with Gasteiger partial charge in [-0.1, -0.05) is 24.3 Å². The van der Waals surface area contributed by atoms with Gasteiger partial charge in [-0.05, 0) is 24.3 Å². The summed E-state index contributed by atoms with van der Waals surface area (Å²) in [6.45, 7) is 0. The van der Waals surface area contributed by atoms with Crippen molar-refractivity contribution in [2.75, 3.05) is 5.43 Å². The maximum Gasteiger partial charge on any atom is 0.0833 e. The van der Waals surface area contributed by atoms with E-state index in [4.69, 9.17) is 0 Å². The summed E-state index contributed by atoms with van der Waals surface area (Å²) in [6, 6.07) is 6.41. The Morgan fingerprint density at radius 3 is 2.29 bits per heavy atom. The standard InChI is InChI=1S/C11H10N2O/c14-11-7-5-10(6-8-11)13-12-9-3-1-2-4-9/h1-8,13-14H/p-1. The van der Waals surface area contributed by atoms with Crippen molar-refractivity contribution in [2.45, 2.75) is 0 Å². The molecule has 70 valence electrons. The number of hydrogen-bond acceptors (Lipinski definition) is 3. The summed E-state index contributed by atoms with van der Waals surface area (Å²) in [7, 11) is 0. The third-order valence-electron chi connectivity index (χ3n) is 1.81. The van der Waals surface area contributed by atoms with E-state index in [1.165, 1.54) is 12.1 Å². The Bertz CT molecular complexity index is 388. The molecule has 0 saturated carbocycles. The van der Waals surface area contributed by atoms with Crippen LogP contribution in [0.1, 0.15) is 0 Å². The molecule has 0 amide bonds. The first kappa shape index (κ1) is 8.56. The zero-order valence-electron chi connectivity index (χ0n) is 7.47. The molecule has 0 aliphatic heterocycles. The van der Waals surface area contributed by atoms with Crippen LogP contribution in [0.5, 0.6) is 5.75 Å². The highest BCUT2D eigenvalue weighted by atomic mass is 16.3. The summed E-state index contributed by atoms with van der Waals surface area (Å²) in [5, 5.41) is 14.9. The lowest BCUT2D eigenvalue weighted by molar-refractivity contribution is -0.268. The van der Waals surface area contributed by atoms with Gasteiger partial charge in [0.1, 0.15) is 0 Å². The van der Waals surface area contributed by atoms with Crippen molar-refractivity contribution in [3.8, 4) is 5.75 Å². The van der Waals surface area contributed by atoms with Crippen LogP contribution in [0.4, 0.5) is 5.69 Å². The number of hydrazone groups is 1. The Balaban J connectivity index is 2.04. The van der Waals surface area contributed by atoms with Crippen molar-refractivity contribution in [1.29, 1.82) is 0 Å². The summed E-state index contributed by atoms with van der Waals surface area (Å²) in [4.78, 5) is 0. The second-order valence-electron chi connectivity index (χ2n) is 2.89. The summed E-state index contributed by atoms with van der Waals surface area (Å²) in [6.07, 6.45) is 7.63. The van der Waals surface area contributed by atoms with Gasteiger partial charge in [0.25, 0.3) is 0 Å². The van der Waals surface area contributed by atoms with Crippen LogP contribution in [0, 0.1) is 0 Å². The van der Waals surface area contributed by atoms with Gasteiger partial charge in [-0.15, -0.1) is 5.75 Å². The predicted molar refractivity (Wildman–Crippen MR) is 55.2 cm³/mol. The molecule has 0 radical (unpaired) electrons. The zero-order valence-corrected chi connectivity index (χ0v) is 7.47. The molecular weight excluding hydrogens is 176 g/mol. The van der Waals surface area contributed by atoms with E-state index in [2.05, 4.69) is 10.5 Å². The molecular formula is C11H9N2O-. The van der Waals surface area contributed by atoms with Crippen LogP contribution in [0.15, 0.2) is 53.7 Å². The van der Waals surface area contributed by atoms with Gasteiger partial charge >= 0.3 is 0 Å². The molecule has 3 nitrogen and oxygen atoms in total. The largest absolute Gasteiger partial charge is 0.872 e. The number of hydrogen-bond donors (Lipinski definition) is 1. The van der Waals surface area contributed by atoms with E-state index < -0.39 is 0 Å². The van der Waals surface area contributed by atoms with Crippen molar-refractivity contribution in [3.05, 3.63) is 48.6 Å². The van der Waals surface area contributed by atoms with Crippen LogP contribution in [0.2, 0.25) is 0 Å². The highest BCUT2D eigenvalue weighted by Crippen LogP contribution is 2.11. The fourth-order valence-corrected chi connectivity index (χ4v) is 1.10. The Labute approximate surface area is 82.1 Å². The maximum absolute atomic E-state index is 10.8. The highest BCUT2D eigenvalue weighted by Gasteiger charge is 1.92. The molecule has 1 aromatic carbocycles. The van der Waals surface area contributed by atoms with Crippen LogP contribution in [0.25, 0.3) is 0 Å². The minimum absolute atomic E-state index is 0.00358. The Morgan fingerprint density at radius 2 is 1.64 bits per heavy atom. The molecule has 0 heterocycles. The second kappa shape index (κ2) is 3.79. The van der Waals surface area contributed by atoms with E-state index in [1.54, 1.807) is 12.1 Å². The van der Waals surface area contributed by atoms with Crippen LogP contribution in [-0.2, 0) is 0 Å². The molecule has 0 spiro atoms. The first-order chi connectivity index (χ1) is 6.84. The van der Waals surface area contributed by atoms with Gasteiger partial charge in [-0.2, -0.15) is 5.10 Å². The first-order valence-electron chi connectivity index (χ1n) is 4.30. The summed E-state index contributed by atoms with van der Waals surface area (Å²) in [5.74, 6) is 0.00358. The van der Waals surface area contributed by atoms with E-state index in [0.717, 1.165) is 11.4 Å². The lowest BCUT2D eigenvalue weighted by Gasteiger charge is -2.05. The monoisotopic (exact) mass is 185 g/mol. The topological polar surface area (TPSA) is 47.4 Å². The van der Waals surface area contributed by atoms with Crippen molar-refractivity contribution in [2.24, 2.45) is 5.10 Å². The molecule has 0 saturated heterocycles. The number of nitrogens with one attached hydrogen (secondary N) is 1. The molecule has 14 heavy (non-hydrogen) atoms. The molecule has 1 aliphatic rings. The molecule has 0 bridgehead atoms. The van der Waals surface area contributed by atoms with E-state index in [1.807, 2.05) is 24.3 Å². The average molecular weight is 185 g/mol. The smallest absolute Gasteiger partial charge is 0.0833 e. The average Bonchev–Trinajstić information content (AvgIpc) is 2.70. The number of rotatable bonds is 2. The Kier molecular flexibility index (Phi) is 2.32. The number of benzene rings is 1. The van der Waals surface area contributed by atoms with Gasteiger partial charge in [-0.3, -0.25) is 5.43 Å². The van der Waals surface area contributed by atoms with E-state index in [9.17, 15) is 5.11 Å². The van der Waals surface area contributed by atoms with Gasteiger partial charge in [0, 0.05) is 0 Å². The first-order valence-corrected chi connectivity index (χ1v) is 4.30. The normalized spacial score (nSPS) is 13.3. The van der Waals surface area contributed by atoms with Crippen LogP contribution < -0.4 is 10.5 Å². The minimum Gasteiger partial charge on any atom is -0.872 e. The van der Waals surface area contributed by atoms with Crippen molar-refractivity contribution < 1.29 is 5.11 Å². The Hall–Kier alpha value is -2.03. The molecule has 0 aromatic heterocycles. The molecule has 1 aromatic rings. The third kappa shape index (κ3) is 2.01. The third-order valence-corrected chi connectivity index (χ3v) is 1.81. The fourth-order valence-electron chi connectivity index (χ4n) is 1.10. The fraction of sp³-hybridized carbons (Fsp3) is 0. The molecule has 1 N–H and O–H groups in total. The molecule has 0 fully saturated rings. The predicted octanol–water partition coefficient (Wildman–Crippen LogP) is 1.65. The lowest BCUT2D eigenvalue weighted by Crippen LogP contribution is -1.94. The molecule has 0 atom stereocenters. The number of anilines is 1. The number of allylic oxidation sites excluding steroid dienone is 4. The van der Waals surface area contributed by atoms with E-state index in [0.29, 0.717) is 0 Å². The summed E-state index contributed by atoms with van der Waals surface area (Å²) in [5.41, 5.74) is 4.54. The Morgan fingerprint density at radius 1 is 1.00 bits per heavy atom. The maximum atomic E-state index is 10.8. The van der Waals surface area contributed by atoms with Gasteiger partial charge in [0.15, 0.2) is 0 Å².